The van der Waals surface area contributed by atoms with Crippen molar-refractivity contribution in [3.63, 3.8) is 0 Å². The molecule has 8 heteroatoms. The molecule has 2 aromatic heterocycles. The SMILES string of the molecule is Nc1c(N=Nc2ccccc2)ccc2cccnc12.Nc1ccc(N=Nc2ccccc2)c2cccnc12. The van der Waals surface area contributed by atoms with Gasteiger partial charge in [-0.15, -0.1) is 10.2 Å². The van der Waals surface area contributed by atoms with Gasteiger partial charge < -0.3 is 11.5 Å². The molecule has 184 valence electrons. The number of azo groups is 2. The Labute approximate surface area is 219 Å². The molecule has 0 radical (unpaired) electrons. The van der Waals surface area contributed by atoms with Gasteiger partial charge in [-0.2, -0.15) is 10.2 Å². The number of hydrogen-bond acceptors (Lipinski definition) is 8. The molecule has 4 N–H and O–H groups in total. The molecule has 8 nitrogen and oxygen atoms in total. The number of nitrogens with zero attached hydrogens (tertiary/aromatic N) is 6. The third kappa shape index (κ3) is 5.66. The molecule has 2 heterocycles. The summed E-state index contributed by atoms with van der Waals surface area (Å²) in [7, 11) is 0. The normalized spacial score (nSPS) is 11.2. The molecule has 0 fully saturated rings. The highest BCUT2D eigenvalue weighted by Crippen LogP contribution is 2.31. The summed E-state index contributed by atoms with van der Waals surface area (Å²) in [6.07, 6.45) is 3.44. The number of nitrogen functional groups attached to an aromatic ring is 2. The van der Waals surface area contributed by atoms with E-state index in [1.165, 1.54) is 0 Å². The Balaban J connectivity index is 0.000000155. The van der Waals surface area contributed by atoms with Gasteiger partial charge in [-0.1, -0.05) is 48.5 Å². The van der Waals surface area contributed by atoms with Crippen molar-refractivity contribution in [2.24, 2.45) is 20.5 Å². The zero-order chi connectivity index (χ0) is 26.2. The van der Waals surface area contributed by atoms with Crippen LogP contribution >= 0.6 is 0 Å². The van der Waals surface area contributed by atoms with Gasteiger partial charge in [0.05, 0.1) is 39.5 Å². The molecule has 4 aromatic carbocycles. The van der Waals surface area contributed by atoms with Crippen molar-refractivity contribution in [1.82, 2.24) is 9.97 Å². The average molecular weight is 497 g/mol. The maximum atomic E-state index is 6.07. The predicted molar refractivity (Wildman–Crippen MR) is 154 cm³/mol. The molecule has 0 atom stereocenters. The minimum absolute atomic E-state index is 0.554. The van der Waals surface area contributed by atoms with Crippen LogP contribution in [0.5, 0.6) is 0 Å². The van der Waals surface area contributed by atoms with Crippen molar-refractivity contribution in [3.05, 3.63) is 122 Å². The summed E-state index contributed by atoms with van der Waals surface area (Å²) in [5, 5.41) is 18.7. The van der Waals surface area contributed by atoms with Gasteiger partial charge in [0.25, 0.3) is 0 Å². The number of rotatable bonds is 4. The molecule has 0 aliphatic rings. The molecule has 0 aliphatic heterocycles. The molecular weight excluding hydrogens is 472 g/mol. The average Bonchev–Trinajstić information content (AvgIpc) is 2.98. The first-order valence-corrected chi connectivity index (χ1v) is 11.9. The third-order valence-corrected chi connectivity index (χ3v) is 5.63. The molecule has 0 amide bonds. The maximum Gasteiger partial charge on any atom is 0.111 e. The summed E-state index contributed by atoms with van der Waals surface area (Å²) in [4.78, 5) is 8.54. The number of aromatic nitrogens is 2. The van der Waals surface area contributed by atoms with Crippen LogP contribution in [0.3, 0.4) is 0 Å². The first-order chi connectivity index (χ1) is 18.7. The highest BCUT2D eigenvalue weighted by Gasteiger charge is 2.05. The van der Waals surface area contributed by atoms with Crippen molar-refractivity contribution >= 4 is 55.9 Å². The van der Waals surface area contributed by atoms with Crippen molar-refractivity contribution in [1.29, 1.82) is 0 Å². The lowest BCUT2D eigenvalue weighted by Gasteiger charge is -2.03. The Hall–Kier alpha value is -5.50. The van der Waals surface area contributed by atoms with Crippen molar-refractivity contribution < 1.29 is 0 Å². The largest absolute Gasteiger partial charge is 0.397 e. The minimum Gasteiger partial charge on any atom is -0.397 e. The van der Waals surface area contributed by atoms with Crippen LogP contribution in [-0.2, 0) is 0 Å². The van der Waals surface area contributed by atoms with Crippen molar-refractivity contribution in [2.45, 2.75) is 0 Å². The van der Waals surface area contributed by atoms with Gasteiger partial charge in [0.2, 0.25) is 0 Å². The fourth-order valence-electron chi connectivity index (χ4n) is 3.72. The van der Waals surface area contributed by atoms with Crippen LogP contribution in [-0.4, -0.2) is 9.97 Å². The molecule has 0 unspecified atom stereocenters. The molecule has 6 rings (SSSR count). The molecule has 0 saturated heterocycles. The highest BCUT2D eigenvalue weighted by atomic mass is 15.1. The quantitative estimate of drug-likeness (QED) is 0.187. The van der Waals surface area contributed by atoms with E-state index < -0.39 is 0 Å². The summed E-state index contributed by atoms with van der Waals surface area (Å²) in [5.41, 5.74) is 17.7. The summed E-state index contributed by atoms with van der Waals surface area (Å²) < 4.78 is 0. The lowest BCUT2D eigenvalue weighted by molar-refractivity contribution is 1.23. The predicted octanol–water partition coefficient (Wildman–Crippen LogP) is 8.46. The molecular formula is C30H24N8. The van der Waals surface area contributed by atoms with Gasteiger partial charge in [0, 0.05) is 23.2 Å². The lowest BCUT2D eigenvalue weighted by Crippen LogP contribution is -1.89. The van der Waals surface area contributed by atoms with E-state index in [1.54, 1.807) is 18.5 Å². The Morgan fingerprint density at radius 2 is 1.05 bits per heavy atom. The smallest absolute Gasteiger partial charge is 0.111 e. The summed E-state index contributed by atoms with van der Waals surface area (Å²) in [5.74, 6) is 0. The van der Waals surface area contributed by atoms with E-state index in [-0.39, 0.29) is 0 Å². The van der Waals surface area contributed by atoms with Crippen LogP contribution in [0.4, 0.5) is 34.1 Å². The second kappa shape index (κ2) is 11.5. The van der Waals surface area contributed by atoms with Crippen LogP contribution in [0, 0.1) is 0 Å². The molecule has 0 bridgehead atoms. The molecule has 38 heavy (non-hydrogen) atoms. The van der Waals surface area contributed by atoms with E-state index in [4.69, 9.17) is 11.5 Å². The first kappa shape index (κ1) is 24.2. The summed E-state index contributed by atoms with van der Waals surface area (Å²) in [6.45, 7) is 0. The van der Waals surface area contributed by atoms with E-state index in [9.17, 15) is 0 Å². The number of nitrogens with two attached hydrogens (primary N) is 2. The van der Waals surface area contributed by atoms with Crippen LogP contribution < -0.4 is 11.5 Å². The zero-order valence-electron chi connectivity index (χ0n) is 20.4. The van der Waals surface area contributed by atoms with Gasteiger partial charge >= 0.3 is 0 Å². The monoisotopic (exact) mass is 496 g/mol. The van der Waals surface area contributed by atoms with Gasteiger partial charge in [-0.05, 0) is 60.7 Å². The second-order valence-electron chi connectivity index (χ2n) is 8.22. The van der Waals surface area contributed by atoms with E-state index in [0.29, 0.717) is 17.1 Å². The van der Waals surface area contributed by atoms with Gasteiger partial charge in [0.15, 0.2) is 0 Å². The zero-order valence-corrected chi connectivity index (χ0v) is 20.4. The Morgan fingerprint density at radius 1 is 0.474 bits per heavy atom. The number of benzene rings is 4. The molecule has 0 aliphatic carbocycles. The second-order valence-corrected chi connectivity index (χ2v) is 8.22. The van der Waals surface area contributed by atoms with Gasteiger partial charge in [0.1, 0.15) is 5.69 Å². The number of fused-ring (bicyclic) bond motifs is 2. The third-order valence-electron chi connectivity index (χ3n) is 5.63. The Kier molecular flexibility index (Phi) is 7.32. The van der Waals surface area contributed by atoms with Crippen LogP contribution in [0.25, 0.3) is 21.8 Å². The fourth-order valence-corrected chi connectivity index (χ4v) is 3.72. The first-order valence-electron chi connectivity index (χ1n) is 11.9. The molecule has 0 saturated carbocycles. The lowest BCUT2D eigenvalue weighted by atomic mass is 10.1. The maximum absolute atomic E-state index is 6.07. The molecule has 0 spiro atoms. The van der Waals surface area contributed by atoms with E-state index in [1.807, 2.05) is 103 Å². The molecule has 6 aromatic rings. The Bertz CT molecular complexity index is 1730. The van der Waals surface area contributed by atoms with E-state index >= 15 is 0 Å². The highest BCUT2D eigenvalue weighted by molar-refractivity contribution is 5.97. The van der Waals surface area contributed by atoms with E-state index in [2.05, 4.69) is 30.4 Å². The van der Waals surface area contributed by atoms with Crippen LogP contribution in [0.15, 0.2) is 142 Å². The van der Waals surface area contributed by atoms with E-state index in [0.717, 1.165) is 38.9 Å². The van der Waals surface area contributed by atoms with Gasteiger partial charge in [-0.25, -0.2) is 0 Å². The van der Waals surface area contributed by atoms with Crippen molar-refractivity contribution in [2.75, 3.05) is 11.5 Å². The van der Waals surface area contributed by atoms with Crippen molar-refractivity contribution in [3.8, 4) is 0 Å². The van der Waals surface area contributed by atoms with Crippen LogP contribution in [0.2, 0.25) is 0 Å². The standard InChI is InChI=1S/2C15H12N4/c16-14-13(19-18-12-6-2-1-3-7-12)9-8-11-5-4-10-17-15(11)14;16-13-8-9-14(12-7-4-10-17-15(12)13)19-18-11-5-2-1-3-6-11/h2*1-10H,16H2. The summed E-state index contributed by atoms with van der Waals surface area (Å²) >= 11 is 0. The topological polar surface area (TPSA) is 127 Å². The number of anilines is 2. The Morgan fingerprint density at radius 3 is 1.74 bits per heavy atom. The fraction of sp³-hybridized carbons (Fsp3) is 0. The number of pyridine rings is 2. The van der Waals surface area contributed by atoms with Gasteiger partial charge in [-0.3, -0.25) is 9.97 Å². The number of hydrogen-bond donors (Lipinski definition) is 2. The minimum atomic E-state index is 0.554. The summed E-state index contributed by atoms with van der Waals surface area (Å²) in [6, 6.07) is 34.3. The van der Waals surface area contributed by atoms with Crippen LogP contribution in [0.1, 0.15) is 0 Å².